The molecule has 0 fully saturated rings. The van der Waals surface area contributed by atoms with Crippen LogP contribution < -0.4 is 5.56 Å². The van der Waals surface area contributed by atoms with Gasteiger partial charge in [0.2, 0.25) is 5.78 Å². The van der Waals surface area contributed by atoms with Crippen LogP contribution in [0, 0.1) is 25.1 Å². The van der Waals surface area contributed by atoms with E-state index in [1.807, 2.05) is 49.4 Å². The molecule has 0 bridgehead atoms. The molecule has 0 spiro atoms. The van der Waals surface area contributed by atoms with Crippen molar-refractivity contribution in [1.29, 1.82) is 0 Å². The lowest BCUT2D eigenvalue weighted by Crippen LogP contribution is -2.17. The Morgan fingerprint density at radius 3 is 2.44 bits per heavy atom. The predicted molar refractivity (Wildman–Crippen MR) is 126 cm³/mol. The number of fused-ring (bicyclic) bond motifs is 1. The minimum atomic E-state index is -0.334. The summed E-state index contributed by atoms with van der Waals surface area (Å²) >= 11 is 0. The topological polar surface area (TPSA) is 39.1 Å². The number of hydrogen-bond acceptors (Lipinski definition) is 2. The largest absolute Gasteiger partial charge is 0.317 e. The van der Waals surface area contributed by atoms with E-state index in [0.717, 1.165) is 33.2 Å². The summed E-state index contributed by atoms with van der Waals surface area (Å²) in [4.78, 5) is 24.9. The highest BCUT2D eigenvalue weighted by Crippen LogP contribution is 2.34. The minimum absolute atomic E-state index is 0.0627. The molecule has 0 aliphatic heterocycles. The molecule has 1 heterocycles. The molecule has 0 aliphatic rings. The monoisotopic (exact) mass is 423 g/mol. The van der Waals surface area contributed by atoms with Crippen LogP contribution in [-0.2, 0) is 24.7 Å². The highest BCUT2D eigenvalue weighted by molar-refractivity contribution is 6.01. The van der Waals surface area contributed by atoms with E-state index in [1.54, 1.807) is 25.4 Å². The average Bonchev–Trinajstić information content (AvgIpc) is 2.78. The first kappa shape index (κ1) is 21.3. The second-order valence-electron chi connectivity index (χ2n) is 7.97. The van der Waals surface area contributed by atoms with Gasteiger partial charge in [0.1, 0.15) is 5.82 Å². The van der Waals surface area contributed by atoms with Crippen LogP contribution in [-0.4, -0.2) is 10.4 Å². The van der Waals surface area contributed by atoms with Crippen molar-refractivity contribution in [2.45, 2.75) is 19.8 Å². The number of nitrogens with zero attached hydrogens (tertiary/aromatic N) is 1. The fourth-order valence-electron chi connectivity index (χ4n) is 4.13. The number of terminal acetylenes is 1. The zero-order valence-electron chi connectivity index (χ0n) is 18.0. The summed E-state index contributed by atoms with van der Waals surface area (Å²) < 4.78 is 16.2. The van der Waals surface area contributed by atoms with E-state index < -0.39 is 0 Å². The molecule has 0 radical (unpaired) electrons. The maximum absolute atomic E-state index is 14.7. The van der Waals surface area contributed by atoms with Crippen LogP contribution in [0.25, 0.3) is 21.9 Å². The van der Waals surface area contributed by atoms with E-state index in [4.69, 9.17) is 6.42 Å². The van der Waals surface area contributed by atoms with Gasteiger partial charge in [0.15, 0.2) is 0 Å². The quantitative estimate of drug-likeness (QED) is 0.335. The zero-order valence-corrected chi connectivity index (χ0v) is 18.0. The van der Waals surface area contributed by atoms with E-state index in [1.165, 1.54) is 10.6 Å². The molecule has 158 valence electrons. The Balaban J connectivity index is 2.01. The van der Waals surface area contributed by atoms with E-state index in [2.05, 4.69) is 5.92 Å². The van der Waals surface area contributed by atoms with E-state index in [0.29, 0.717) is 17.4 Å². The van der Waals surface area contributed by atoms with Crippen molar-refractivity contribution in [3.8, 4) is 23.5 Å². The predicted octanol–water partition coefficient (Wildman–Crippen LogP) is 4.99. The summed E-state index contributed by atoms with van der Waals surface area (Å²) in [6, 6.07) is 18.2. The normalized spacial score (nSPS) is 10.8. The van der Waals surface area contributed by atoms with Crippen molar-refractivity contribution in [3.05, 3.63) is 105 Å². The summed E-state index contributed by atoms with van der Waals surface area (Å²) in [6.45, 7) is 1.85. The number of benzene rings is 3. The Morgan fingerprint density at radius 1 is 1.00 bits per heavy atom. The summed E-state index contributed by atoms with van der Waals surface area (Å²) in [5.41, 5.74) is 4.54. The van der Waals surface area contributed by atoms with Crippen LogP contribution in [0.1, 0.15) is 22.3 Å². The molecule has 0 saturated heterocycles. The molecule has 0 atom stereocenters. The fraction of sp³-hybridized carbons (Fsp3) is 0.143. The van der Waals surface area contributed by atoms with Crippen molar-refractivity contribution in [2.75, 3.05) is 0 Å². The van der Waals surface area contributed by atoms with E-state index in [9.17, 15) is 14.0 Å². The SMILES string of the molecule is C#CC(=O)Cc1cccc(Cc2ccc(C)cc2F)c1-c1cn(C)c(=O)c2ccccc12. The van der Waals surface area contributed by atoms with Crippen LogP contribution in [0.5, 0.6) is 0 Å². The third kappa shape index (κ3) is 3.98. The first-order chi connectivity index (χ1) is 15.4. The van der Waals surface area contributed by atoms with Gasteiger partial charge >= 0.3 is 0 Å². The lowest BCUT2D eigenvalue weighted by atomic mass is 9.87. The van der Waals surface area contributed by atoms with E-state index >= 15 is 0 Å². The van der Waals surface area contributed by atoms with Crippen molar-refractivity contribution in [2.24, 2.45) is 7.05 Å². The number of aryl methyl sites for hydroxylation is 2. The number of rotatable bonds is 5. The molecule has 3 nitrogen and oxygen atoms in total. The highest BCUT2D eigenvalue weighted by atomic mass is 19.1. The van der Waals surface area contributed by atoms with Crippen LogP contribution in [0.4, 0.5) is 4.39 Å². The molecule has 1 aromatic heterocycles. The summed E-state index contributed by atoms with van der Waals surface area (Å²) in [5, 5.41) is 1.36. The third-order valence-electron chi connectivity index (χ3n) is 5.70. The maximum atomic E-state index is 14.7. The highest BCUT2D eigenvalue weighted by Gasteiger charge is 2.18. The van der Waals surface area contributed by atoms with Crippen molar-refractivity contribution in [3.63, 3.8) is 0 Å². The number of pyridine rings is 1. The molecule has 0 amide bonds. The molecule has 4 aromatic rings. The summed E-state index contributed by atoms with van der Waals surface area (Å²) in [6.07, 6.45) is 7.53. The molecule has 32 heavy (non-hydrogen) atoms. The lowest BCUT2D eigenvalue weighted by Gasteiger charge is -2.18. The second kappa shape index (κ2) is 8.64. The second-order valence-corrected chi connectivity index (χ2v) is 7.97. The third-order valence-corrected chi connectivity index (χ3v) is 5.70. The molecular formula is C28H22FNO2. The Kier molecular flexibility index (Phi) is 5.75. The van der Waals surface area contributed by atoms with Gasteiger partial charge in [0.05, 0.1) is 0 Å². The van der Waals surface area contributed by atoms with Gasteiger partial charge in [-0.1, -0.05) is 48.5 Å². The smallest absolute Gasteiger partial charge is 0.258 e. The Hall–Kier alpha value is -3.97. The van der Waals surface area contributed by atoms with Gasteiger partial charge < -0.3 is 4.57 Å². The Morgan fingerprint density at radius 2 is 1.72 bits per heavy atom. The molecule has 0 aliphatic carbocycles. The van der Waals surface area contributed by atoms with Gasteiger partial charge in [-0.2, -0.15) is 0 Å². The lowest BCUT2D eigenvalue weighted by molar-refractivity contribution is -0.113. The van der Waals surface area contributed by atoms with Crippen molar-refractivity contribution in [1.82, 2.24) is 4.57 Å². The fourth-order valence-corrected chi connectivity index (χ4v) is 4.13. The van der Waals surface area contributed by atoms with Crippen LogP contribution in [0.2, 0.25) is 0 Å². The van der Waals surface area contributed by atoms with Crippen LogP contribution in [0.3, 0.4) is 0 Å². The maximum Gasteiger partial charge on any atom is 0.258 e. The molecule has 0 saturated carbocycles. The van der Waals surface area contributed by atoms with Gasteiger partial charge in [0.25, 0.3) is 5.56 Å². The number of halogens is 1. The standard InChI is InChI=1S/C28H22FNO2/c1-4-22(31)16-21-9-7-8-20(15-19-13-12-18(2)14-26(19)29)27(21)25-17-30(3)28(32)24-11-6-5-10-23(24)25/h1,5-14,17H,15-16H2,2-3H3. The zero-order chi connectivity index (χ0) is 22.8. The number of hydrogen-bond donors (Lipinski definition) is 0. The van der Waals surface area contributed by atoms with Gasteiger partial charge in [-0.05, 0) is 58.2 Å². The summed E-state index contributed by atoms with van der Waals surface area (Å²) in [7, 11) is 1.70. The molecular weight excluding hydrogens is 401 g/mol. The summed E-state index contributed by atoms with van der Waals surface area (Å²) in [5.74, 6) is 1.57. The van der Waals surface area contributed by atoms with Gasteiger partial charge in [-0.15, -0.1) is 6.42 Å². The molecule has 0 unspecified atom stereocenters. The number of carbonyl (C=O) groups is 1. The first-order valence-electron chi connectivity index (χ1n) is 10.3. The molecule has 4 rings (SSSR count). The van der Waals surface area contributed by atoms with Crippen molar-refractivity contribution < 1.29 is 9.18 Å². The van der Waals surface area contributed by atoms with Crippen LogP contribution >= 0.6 is 0 Å². The first-order valence-corrected chi connectivity index (χ1v) is 10.3. The number of carbonyl (C=O) groups excluding carboxylic acids is 1. The number of ketones is 1. The van der Waals surface area contributed by atoms with Crippen LogP contribution in [0.15, 0.2) is 71.7 Å². The number of Topliss-reactive ketones (excluding diaryl/α,β-unsaturated/α-hetero) is 1. The Bertz CT molecular complexity index is 1460. The Labute approximate surface area is 186 Å². The molecule has 3 aromatic carbocycles. The molecule has 4 heteroatoms. The van der Waals surface area contributed by atoms with Gasteiger partial charge in [-0.25, -0.2) is 4.39 Å². The van der Waals surface area contributed by atoms with Gasteiger partial charge in [-0.3, -0.25) is 9.59 Å². The van der Waals surface area contributed by atoms with Gasteiger partial charge in [0, 0.05) is 37.0 Å². The molecule has 0 N–H and O–H groups in total. The average molecular weight is 423 g/mol. The van der Waals surface area contributed by atoms with E-state index in [-0.39, 0.29) is 23.6 Å². The minimum Gasteiger partial charge on any atom is -0.317 e. The van der Waals surface area contributed by atoms with Crippen molar-refractivity contribution >= 4 is 16.6 Å². The number of aromatic nitrogens is 1.